The van der Waals surface area contributed by atoms with Gasteiger partial charge in [0.25, 0.3) is 0 Å². The molecule has 0 fully saturated rings. The van der Waals surface area contributed by atoms with Gasteiger partial charge in [0.15, 0.2) is 0 Å². The molecule has 0 aromatic heterocycles. The van der Waals surface area contributed by atoms with Gasteiger partial charge in [-0.05, 0) is 42.9 Å². The second kappa shape index (κ2) is 6.85. The van der Waals surface area contributed by atoms with Gasteiger partial charge < -0.3 is 5.32 Å². The van der Waals surface area contributed by atoms with E-state index in [0.29, 0.717) is 12.3 Å². The number of aryl methyl sites for hydroxylation is 1. The van der Waals surface area contributed by atoms with E-state index in [4.69, 9.17) is 0 Å². The summed E-state index contributed by atoms with van der Waals surface area (Å²) >= 11 is 0.101. The summed E-state index contributed by atoms with van der Waals surface area (Å²) in [4.78, 5) is 0. The molecule has 0 amide bonds. The number of benzene rings is 1. The molecule has 0 saturated heterocycles. The molecule has 1 aliphatic rings. The number of fused-ring (bicyclic) bond motifs is 1. The molecule has 2 unspecified atom stereocenters. The lowest BCUT2D eigenvalue weighted by atomic mass is 9.78. The van der Waals surface area contributed by atoms with E-state index in [9.17, 15) is 13.2 Å². The molecule has 0 aliphatic heterocycles. The number of alkyl halides is 3. The number of rotatable bonds is 5. The Bertz CT molecular complexity index is 433. The van der Waals surface area contributed by atoms with E-state index in [1.165, 1.54) is 11.1 Å². The van der Waals surface area contributed by atoms with Gasteiger partial charge in [-0.25, -0.2) is 0 Å². The monoisotopic (exact) mass is 303 g/mol. The van der Waals surface area contributed by atoms with Crippen LogP contribution < -0.4 is 5.32 Å². The van der Waals surface area contributed by atoms with Crippen molar-refractivity contribution in [1.82, 2.24) is 5.32 Å². The molecule has 2 rings (SSSR count). The summed E-state index contributed by atoms with van der Waals surface area (Å²) in [5, 5.41) is 3.45. The van der Waals surface area contributed by atoms with Gasteiger partial charge >= 0.3 is 5.51 Å². The van der Waals surface area contributed by atoms with Crippen molar-refractivity contribution in [2.75, 3.05) is 12.3 Å². The Morgan fingerprint density at radius 1 is 1.30 bits per heavy atom. The largest absolute Gasteiger partial charge is 0.441 e. The Morgan fingerprint density at radius 2 is 2.05 bits per heavy atom. The van der Waals surface area contributed by atoms with Crippen LogP contribution in [0.3, 0.4) is 0 Å². The topological polar surface area (TPSA) is 12.0 Å². The third kappa shape index (κ3) is 4.16. The van der Waals surface area contributed by atoms with E-state index in [1.807, 2.05) is 19.1 Å². The maximum absolute atomic E-state index is 12.2. The van der Waals surface area contributed by atoms with Crippen molar-refractivity contribution in [2.24, 2.45) is 5.92 Å². The standard InChI is InChI=1S/C15H20F3NS/c1-2-19-14-12(9-10-20-15(16,17)18)8-7-11-5-3-4-6-13(11)14/h3-6,12,14,19H,2,7-10H2,1H3. The van der Waals surface area contributed by atoms with Crippen molar-refractivity contribution >= 4 is 11.8 Å². The molecule has 112 valence electrons. The van der Waals surface area contributed by atoms with Gasteiger partial charge in [-0.2, -0.15) is 13.2 Å². The van der Waals surface area contributed by atoms with Crippen LogP contribution in [0.4, 0.5) is 13.2 Å². The molecule has 1 N–H and O–H groups in total. The van der Waals surface area contributed by atoms with E-state index in [0.717, 1.165) is 19.4 Å². The highest BCUT2D eigenvalue weighted by Gasteiger charge is 2.31. The molecule has 0 bridgehead atoms. The molecule has 1 aromatic rings. The van der Waals surface area contributed by atoms with Crippen LogP contribution in [0.2, 0.25) is 0 Å². The number of thioether (sulfide) groups is 1. The van der Waals surface area contributed by atoms with Crippen LogP contribution in [-0.4, -0.2) is 17.8 Å². The molecule has 0 saturated carbocycles. The van der Waals surface area contributed by atoms with Gasteiger partial charge in [-0.1, -0.05) is 43.0 Å². The molecule has 5 heteroatoms. The van der Waals surface area contributed by atoms with Crippen molar-refractivity contribution in [2.45, 2.75) is 37.7 Å². The quantitative estimate of drug-likeness (QED) is 0.857. The first-order valence-electron chi connectivity index (χ1n) is 7.03. The van der Waals surface area contributed by atoms with Crippen molar-refractivity contribution in [3.63, 3.8) is 0 Å². The highest BCUT2D eigenvalue weighted by Crippen LogP contribution is 2.38. The van der Waals surface area contributed by atoms with Crippen LogP contribution in [0, 0.1) is 5.92 Å². The second-order valence-electron chi connectivity index (χ2n) is 5.12. The molecule has 0 radical (unpaired) electrons. The second-order valence-corrected chi connectivity index (χ2v) is 6.28. The molecule has 2 atom stereocenters. The van der Waals surface area contributed by atoms with Crippen molar-refractivity contribution < 1.29 is 13.2 Å². The molecular weight excluding hydrogens is 283 g/mol. The Morgan fingerprint density at radius 3 is 2.75 bits per heavy atom. The minimum absolute atomic E-state index is 0.101. The van der Waals surface area contributed by atoms with Crippen LogP contribution >= 0.6 is 11.8 Å². The SMILES string of the molecule is CCNC1c2ccccc2CCC1CCSC(F)(F)F. The molecule has 0 spiro atoms. The highest BCUT2D eigenvalue weighted by atomic mass is 32.2. The first kappa shape index (κ1) is 15.7. The highest BCUT2D eigenvalue weighted by molar-refractivity contribution is 8.00. The van der Waals surface area contributed by atoms with Gasteiger partial charge in [-0.15, -0.1) is 0 Å². The number of hydrogen-bond acceptors (Lipinski definition) is 2. The van der Waals surface area contributed by atoms with Crippen molar-refractivity contribution in [1.29, 1.82) is 0 Å². The molecule has 1 nitrogen and oxygen atoms in total. The number of hydrogen-bond donors (Lipinski definition) is 1. The predicted octanol–water partition coefficient (Wildman–Crippen LogP) is 4.54. The average molecular weight is 303 g/mol. The normalized spacial score (nSPS) is 22.6. The maximum atomic E-state index is 12.2. The fourth-order valence-corrected chi connectivity index (χ4v) is 3.61. The lowest BCUT2D eigenvalue weighted by molar-refractivity contribution is -0.0328. The van der Waals surface area contributed by atoms with Crippen LogP contribution in [0.5, 0.6) is 0 Å². The summed E-state index contributed by atoms with van der Waals surface area (Å²) in [7, 11) is 0. The summed E-state index contributed by atoms with van der Waals surface area (Å²) in [5.74, 6) is 0.442. The number of halogens is 3. The van der Waals surface area contributed by atoms with E-state index in [2.05, 4.69) is 17.4 Å². The molecular formula is C15H20F3NS. The Hall–Kier alpha value is -0.680. The first-order valence-corrected chi connectivity index (χ1v) is 8.01. The minimum atomic E-state index is -4.11. The zero-order valence-corrected chi connectivity index (χ0v) is 12.4. The summed E-state index contributed by atoms with van der Waals surface area (Å²) in [5.41, 5.74) is -1.51. The molecule has 1 aromatic carbocycles. The molecule has 20 heavy (non-hydrogen) atoms. The van der Waals surface area contributed by atoms with E-state index in [-0.39, 0.29) is 23.6 Å². The summed E-state index contributed by atoms with van der Waals surface area (Å²) in [6.45, 7) is 2.88. The summed E-state index contributed by atoms with van der Waals surface area (Å²) < 4.78 is 36.7. The average Bonchev–Trinajstić information content (AvgIpc) is 2.40. The van der Waals surface area contributed by atoms with Crippen molar-refractivity contribution in [3.8, 4) is 0 Å². The van der Waals surface area contributed by atoms with Gasteiger partial charge in [-0.3, -0.25) is 0 Å². The predicted molar refractivity (Wildman–Crippen MR) is 77.8 cm³/mol. The van der Waals surface area contributed by atoms with Gasteiger partial charge in [0.05, 0.1) is 0 Å². The lowest BCUT2D eigenvalue weighted by Gasteiger charge is -2.34. The molecule has 1 aliphatic carbocycles. The van der Waals surface area contributed by atoms with Gasteiger partial charge in [0, 0.05) is 11.8 Å². The third-order valence-corrected chi connectivity index (χ3v) is 4.59. The Kier molecular flexibility index (Phi) is 5.38. The molecule has 0 heterocycles. The van der Waals surface area contributed by atoms with Crippen LogP contribution in [-0.2, 0) is 6.42 Å². The Balaban J connectivity index is 2.02. The lowest BCUT2D eigenvalue weighted by Crippen LogP contribution is -2.32. The maximum Gasteiger partial charge on any atom is 0.441 e. The summed E-state index contributed by atoms with van der Waals surface area (Å²) in [6.07, 6.45) is 2.54. The first-order chi connectivity index (χ1) is 9.51. The van der Waals surface area contributed by atoms with E-state index in [1.54, 1.807) is 0 Å². The smallest absolute Gasteiger partial charge is 0.310 e. The third-order valence-electron chi connectivity index (χ3n) is 3.82. The summed E-state index contributed by atoms with van der Waals surface area (Å²) in [6, 6.07) is 8.46. The zero-order chi connectivity index (χ0) is 14.6. The minimum Gasteiger partial charge on any atom is -0.310 e. The van der Waals surface area contributed by atoms with Crippen molar-refractivity contribution in [3.05, 3.63) is 35.4 Å². The zero-order valence-electron chi connectivity index (χ0n) is 11.5. The fourth-order valence-electron chi connectivity index (χ4n) is 2.96. The van der Waals surface area contributed by atoms with Crippen LogP contribution in [0.15, 0.2) is 24.3 Å². The van der Waals surface area contributed by atoms with Crippen LogP contribution in [0.25, 0.3) is 0 Å². The number of nitrogens with one attached hydrogen (secondary N) is 1. The van der Waals surface area contributed by atoms with E-state index >= 15 is 0 Å². The fraction of sp³-hybridized carbons (Fsp3) is 0.600. The van der Waals surface area contributed by atoms with Crippen LogP contribution in [0.1, 0.15) is 36.9 Å². The van der Waals surface area contributed by atoms with Gasteiger partial charge in [0.2, 0.25) is 0 Å². The van der Waals surface area contributed by atoms with Gasteiger partial charge in [0.1, 0.15) is 0 Å². The Labute approximate surface area is 122 Å². The van der Waals surface area contributed by atoms with E-state index < -0.39 is 5.51 Å².